The Morgan fingerprint density at radius 1 is 1.29 bits per heavy atom. The van der Waals surface area contributed by atoms with Crippen LogP contribution in [0.2, 0.25) is 5.02 Å². The van der Waals surface area contributed by atoms with Crippen LogP contribution in [-0.4, -0.2) is 17.1 Å². The molecular formula is C20H21ClFNO. The molecule has 0 amide bonds. The van der Waals surface area contributed by atoms with Crippen molar-refractivity contribution in [3.8, 4) is 0 Å². The summed E-state index contributed by atoms with van der Waals surface area (Å²) in [5.41, 5.74) is 4.05. The summed E-state index contributed by atoms with van der Waals surface area (Å²) in [5, 5.41) is 11.4. The molecule has 2 aromatic carbocycles. The summed E-state index contributed by atoms with van der Waals surface area (Å²) in [6, 6.07) is 8.36. The predicted octanol–water partition coefficient (Wildman–Crippen LogP) is 4.65. The van der Waals surface area contributed by atoms with Crippen LogP contribution in [0.1, 0.15) is 34.7 Å². The zero-order valence-corrected chi connectivity index (χ0v) is 14.9. The lowest BCUT2D eigenvalue weighted by Gasteiger charge is -2.29. The minimum atomic E-state index is -1.08. The van der Waals surface area contributed by atoms with E-state index in [9.17, 15) is 9.50 Å². The molecule has 2 nitrogen and oxygen atoms in total. The Labute approximate surface area is 147 Å². The van der Waals surface area contributed by atoms with Crippen molar-refractivity contribution in [3.63, 3.8) is 0 Å². The maximum absolute atomic E-state index is 13.2. The lowest BCUT2D eigenvalue weighted by Crippen LogP contribution is -2.26. The van der Waals surface area contributed by atoms with E-state index in [4.69, 9.17) is 11.6 Å². The van der Waals surface area contributed by atoms with Crippen LogP contribution < -0.4 is 0 Å². The number of fused-ring (bicyclic) bond motifs is 1. The van der Waals surface area contributed by atoms with Crippen LogP contribution in [0.25, 0.3) is 6.08 Å². The van der Waals surface area contributed by atoms with Crippen molar-refractivity contribution >= 4 is 17.7 Å². The highest BCUT2D eigenvalue weighted by molar-refractivity contribution is 6.31. The Morgan fingerprint density at radius 3 is 2.75 bits per heavy atom. The summed E-state index contributed by atoms with van der Waals surface area (Å²) in [7, 11) is 2.03. The fourth-order valence-corrected chi connectivity index (χ4v) is 3.45. The molecular weight excluding hydrogens is 325 g/mol. The Morgan fingerprint density at radius 2 is 2.04 bits per heavy atom. The van der Waals surface area contributed by atoms with Crippen LogP contribution in [0.15, 0.2) is 36.5 Å². The van der Waals surface area contributed by atoms with Crippen LogP contribution in [-0.2, 0) is 18.6 Å². The Bertz CT molecular complexity index is 814. The quantitative estimate of drug-likeness (QED) is 0.875. The second-order valence-corrected chi connectivity index (χ2v) is 7.19. The first-order valence-electron chi connectivity index (χ1n) is 7.95. The van der Waals surface area contributed by atoms with Gasteiger partial charge in [0.1, 0.15) is 5.82 Å². The molecule has 1 N–H and O–H groups in total. The van der Waals surface area contributed by atoms with E-state index in [2.05, 4.69) is 30.2 Å². The number of aliphatic hydroxyl groups is 1. The van der Waals surface area contributed by atoms with E-state index in [1.807, 2.05) is 13.1 Å². The van der Waals surface area contributed by atoms with E-state index in [-0.39, 0.29) is 5.82 Å². The first-order chi connectivity index (χ1) is 11.3. The van der Waals surface area contributed by atoms with Gasteiger partial charge >= 0.3 is 0 Å². The molecule has 0 saturated heterocycles. The summed E-state index contributed by atoms with van der Waals surface area (Å²) >= 11 is 6.12. The number of hydrogen-bond donors (Lipinski definition) is 1. The first kappa shape index (κ1) is 17.0. The number of hydrogen-bond acceptors (Lipinski definition) is 2. The number of aryl methyl sites for hydroxylation is 1. The third kappa shape index (κ3) is 3.33. The SMILES string of the molecule is Cc1cc([C@@](C)(O)Cc2ccc(F)cc2Cl)cc2c1C=CN(C)C2. The van der Waals surface area contributed by atoms with Crippen LogP contribution >= 0.6 is 11.6 Å². The molecule has 1 heterocycles. The third-order valence-electron chi connectivity index (χ3n) is 4.56. The van der Waals surface area contributed by atoms with Gasteiger partial charge in [-0.15, -0.1) is 0 Å². The number of halogens is 2. The predicted molar refractivity (Wildman–Crippen MR) is 96.4 cm³/mol. The van der Waals surface area contributed by atoms with Gasteiger partial charge in [-0.05, 0) is 66.1 Å². The van der Waals surface area contributed by atoms with Gasteiger partial charge in [0, 0.05) is 25.0 Å². The van der Waals surface area contributed by atoms with Crippen molar-refractivity contribution in [1.29, 1.82) is 0 Å². The Hall–Kier alpha value is -1.84. The van der Waals surface area contributed by atoms with Gasteiger partial charge in [-0.1, -0.05) is 29.8 Å². The summed E-state index contributed by atoms with van der Waals surface area (Å²) in [5.74, 6) is -0.372. The first-order valence-corrected chi connectivity index (χ1v) is 8.33. The Balaban J connectivity index is 1.96. The van der Waals surface area contributed by atoms with Gasteiger partial charge < -0.3 is 10.0 Å². The van der Waals surface area contributed by atoms with E-state index in [1.54, 1.807) is 13.0 Å². The molecule has 0 aliphatic carbocycles. The molecule has 0 spiro atoms. The molecule has 4 heteroatoms. The van der Waals surface area contributed by atoms with Crippen LogP contribution in [0, 0.1) is 12.7 Å². The molecule has 0 fully saturated rings. The largest absolute Gasteiger partial charge is 0.385 e. The van der Waals surface area contributed by atoms with Crippen LogP contribution in [0.4, 0.5) is 4.39 Å². The molecule has 0 bridgehead atoms. The molecule has 0 radical (unpaired) electrons. The summed E-state index contributed by atoms with van der Waals surface area (Å²) in [6.45, 7) is 4.64. The highest BCUT2D eigenvalue weighted by atomic mass is 35.5. The van der Waals surface area contributed by atoms with E-state index in [1.165, 1.54) is 23.3 Å². The maximum atomic E-state index is 13.2. The van der Waals surface area contributed by atoms with Crippen molar-refractivity contribution in [2.45, 2.75) is 32.4 Å². The average molecular weight is 346 g/mol. The second kappa shape index (κ2) is 6.23. The van der Waals surface area contributed by atoms with Crippen molar-refractivity contribution in [2.24, 2.45) is 0 Å². The van der Waals surface area contributed by atoms with Gasteiger partial charge in [-0.3, -0.25) is 0 Å². The van der Waals surface area contributed by atoms with Crippen molar-refractivity contribution in [1.82, 2.24) is 4.90 Å². The number of rotatable bonds is 3. The number of benzene rings is 2. The van der Waals surface area contributed by atoms with Gasteiger partial charge in [-0.2, -0.15) is 0 Å². The van der Waals surface area contributed by atoms with E-state index >= 15 is 0 Å². The Kier molecular flexibility index (Phi) is 4.41. The standard InChI is InChI=1S/C20H21ClFNO/c1-13-8-16(9-15-12-23(3)7-6-18(13)15)20(2,24)11-14-4-5-17(22)10-19(14)21/h4-10,24H,11-12H2,1-3H3/t20-/m0/s1. The van der Waals surface area contributed by atoms with E-state index in [0.717, 1.165) is 23.2 Å². The summed E-state index contributed by atoms with van der Waals surface area (Å²) in [6.07, 6.45) is 4.49. The average Bonchev–Trinajstić information content (AvgIpc) is 2.49. The van der Waals surface area contributed by atoms with Crippen molar-refractivity contribution in [3.05, 3.63) is 75.2 Å². The highest BCUT2D eigenvalue weighted by Gasteiger charge is 2.27. The molecule has 1 atom stereocenters. The molecule has 126 valence electrons. The monoisotopic (exact) mass is 345 g/mol. The molecule has 24 heavy (non-hydrogen) atoms. The number of nitrogens with zero attached hydrogens (tertiary/aromatic N) is 1. The van der Waals surface area contributed by atoms with Gasteiger partial charge in [0.15, 0.2) is 0 Å². The topological polar surface area (TPSA) is 23.5 Å². The fraction of sp³-hybridized carbons (Fsp3) is 0.300. The van der Waals surface area contributed by atoms with Gasteiger partial charge in [0.25, 0.3) is 0 Å². The zero-order valence-electron chi connectivity index (χ0n) is 14.1. The maximum Gasteiger partial charge on any atom is 0.124 e. The molecule has 2 aromatic rings. The third-order valence-corrected chi connectivity index (χ3v) is 4.91. The van der Waals surface area contributed by atoms with Gasteiger partial charge in [0.2, 0.25) is 0 Å². The van der Waals surface area contributed by atoms with Crippen LogP contribution in [0.3, 0.4) is 0 Å². The normalized spacial score (nSPS) is 16.0. The fourth-order valence-electron chi connectivity index (χ4n) is 3.21. The second-order valence-electron chi connectivity index (χ2n) is 6.78. The zero-order chi connectivity index (χ0) is 17.5. The summed E-state index contributed by atoms with van der Waals surface area (Å²) in [4.78, 5) is 2.11. The molecule has 1 aliphatic rings. The lowest BCUT2D eigenvalue weighted by molar-refractivity contribution is 0.0574. The van der Waals surface area contributed by atoms with Gasteiger partial charge in [-0.25, -0.2) is 4.39 Å². The van der Waals surface area contributed by atoms with Crippen LogP contribution in [0.5, 0.6) is 0 Å². The minimum absolute atomic E-state index is 0.329. The highest BCUT2D eigenvalue weighted by Crippen LogP contribution is 2.33. The molecule has 1 aliphatic heterocycles. The van der Waals surface area contributed by atoms with Gasteiger partial charge in [0.05, 0.1) is 5.60 Å². The summed E-state index contributed by atoms with van der Waals surface area (Å²) < 4.78 is 13.2. The molecule has 3 rings (SSSR count). The molecule has 0 unspecified atom stereocenters. The van der Waals surface area contributed by atoms with E-state index < -0.39 is 5.60 Å². The molecule has 0 saturated carbocycles. The smallest absolute Gasteiger partial charge is 0.124 e. The van der Waals surface area contributed by atoms with Crippen molar-refractivity contribution in [2.75, 3.05) is 7.05 Å². The minimum Gasteiger partial charge on any atom is -0.385 e. The van der Waals surface area contributed by atoms with Crippen molar-refractivity contribution < 1.29 is 9.50 Å². The molecule has 0 aromatic heterocycles. The van der Waals surface area contributed by atoms with E-state index in [0.29, 0.717) is 11.4 Å². The lowest BCUT2D eigenvalue weighted by atomic mass is 9.85.